The summed E-state index contributed by atoms with van der Waals surface area (Å²) >= 11 is 0. The van der Waals surface area contributed by atoms with Gasteiger partial charge in [-0.2, -0.15) is 0 Å². The number of rotatable bonds is 5. The molecular weight excluding hydrogens is 295 g/mol. The average molecular weight is 306 g/mol. The Labute approximate surface area is 110 Å². The molecule has 0 spiro atoms. The number of nitrogens with one attached hydrogen (secondary N) is 1. The van der Waals surface area contributed by atoms with Gasteiger partial charge in [-0.3, -0.25) is 0 Å². The SMILES string of the molecule is C#CCCNS(=O)(=O)c1ccc(S(N)(=O)=O)cc1F. The second kappa shape index (κ2) is 5.66. The van der Waals surface area contributed by atoms with E-state index in [4.69, 9.17) is 11.6 Å². The lowest BCUT2D eigenvalue weighted by atomic mass is 10.3. The number of nitrogens with two attached hydrogens (primary N) is 1. The van der Waals surface area contributed by atoms with E-state index >= 15 is 0 Å². The van der Waals surface area contributed by atoms with Crippen LogP contribution in [-0.2, 0) is 20.0 Å². The van der Waals surface area contributed by atoms with Crippen molar-refractivity contribution in [3.63, 3.8) is 0 Å². The highest BCUT2D eigenvalue weighted by atomic mass is 32.2. The average Bonchev–Trinajstić information content (AvgIpc) is 2.27. The minimum atomic E-state index is -4.09. The molecule has 0 saturated carbocycles. The number of hydrogen-bond donors (Lipinski definition) is 2. The van der Waals surface area contributed by atoms with Crippen molar-refractivity contribution in [2.75, 3.05) is 6.54 Å². The minimum Gasteiger partial charge on any atom is -0.225 e. The predicted octanol–water partition coefficient (Wildman–Crippen LogP) is -0.225. The fourth-order valence-corrected chi connectivity index (χ4v) is 2.83. The molecule has 0 aromatic heterocycles. The lowest BCUT2D eigenvalue weighted by Gasteiger charge is -2.07. The van der Waals surface area contributed by atoms with Crippen molar-refractivity contribution in [2.24, 2.45) is 5.14 Å². The molecule has 1 aromatic rings. The van der Waals surface area contributed by atoms with E-state index in [1.54, 1.807) is 0 Å². The first kappa shape index (κ1) is 15.6. The van der Waals surface area contributed by atoms with Crippen molar-refractivity contribution in [2.45, 2.75) is 16.2 Å². The maximum Gasteiger partial charge on any atom is 0.243 e. The lowest BCUT2D eigenvalue weighted by molar-refractivity contribution is 0.553. The fraction of sp³-hybridized carbons (Fsp3) is 0.200. The molecule has 104 valence electrons. The molecule has 0 fully saturated rings. The molecule has 1 rings (SSSR count). The fourth-order valence-electron chi connectivity index (χ4n) is 1.21. The number of sulfonamides is 2. The van der Waals surface area contributed by atoms with Crippen LogP contribution < -0.4 is 9.86 Å². The first-order chi connectivity index (χ1) is 8.68. The molecule has 0 atom stereocenters. The molecule has 9 heteroatoms. The van der Waals surface area contributed by atoms with Crippen molar-refractivity contribution >= 4 is 20.0 Å². The standard InChI is InChI=1S/C10H11FN2O4S2/c1-2-3-6-13-19(16,17)10-5-4-8(7-9(10)11)18(12,14)15/h1,4-5,7,13H,3,6H2,(H2,12,14,15). The first-order valence-corrected chi connectivity index (χ1v) is 7.97. The van der Waals surface area contributed by atoms with E-state index in [0.717, 1.165) is 12.1 Å². The molecule has 0 heterocycles. The summed E-state index contributed by atoms with van der Waals surface area (Å²) < 4.78 is 61.0. The van der Waals surface area contributed by atoms with Gasteiger partial charge >= 0.3 is 0 Å². The van der Waals surface area contributed by atoms with Gasteiger partial charge in [-0.05, 0) is 18.2 Å². The van der Waals surface area contributed by atoms with E-state index < -0.39 is 35.7 Å². The van der Waals surface area contributed by atoms with Gasteiger partial charge in [0.2, 0.25) is 20.0 Å². The predicted molar refractivity (Wildman–Crippen MR) is 66.4 cm³/mol. The molecule has 1 aromatic carbocycles. The number of benzene rings is 1. The van der Waals surface area contributed by atoms with Crippen LogP contribution in [0.15, 0.2) is 28.0 Å². The van der Waals surface area contributed by atoms with Crippen molar-refractivity contribution in [3.05, 3.63) is 24.0 Å². The molecule has 0 unspecified atom stereocenters. The van der Waals surface area contributed by atoms with E-state index in [1.165, 1.54) is 0 Å². The molecule has 0 bridgehead atoms. The number of terminal acetylenes is 1. The minimum absolute atomic E-state index is 0.0464. The number of halogens is 1. The van der Waals surface area contributed by atoms with E-state index in [2.05, 4.69) is 10.6 Å². The zero-order chi connectivity index (χ0) is 14.7. The largest absolute Gasteiger partial charge is 0.243 e. The molecule has 0 aliphatic heterocycles. The van der Waals surface area contributed by atoms with Gasteiger partial charge in [0, 0.05) is 13.0 Å². The van der Waals surface area contributed by atoms with Crippen molar-refractivity contribution in [1.29, 1.82) is 0 Å². The van der Waals surface area contributed by atoms with Crippen LogP contribution in [0.4, 0.5) is 4.39 Å². The summed E-state index contributed by atoms with van der Waals surface area (Å²) in [5, 5.41) is 4.80. The van der Waals surface area contributed by atoms with Gasteiger partial charge in [0.15, 0.2) is 0 Å². The van der Waals surface area contributed by atoms with Crippen LogP contribution in [-0.4, -0.2) is 23.4 Å². The maximum atomic E-state index is 13.6. The normalized spacial score (nSPS) is 12.1. The highest BCUT2D eigenvalue weighted by Crippen LogP contribution is 2.18. The Balaban J connectivity index is 3.14. The zero-order valence-electron chi connectivity index (χ0n) is 9.63. The van der Waals surface area contributed by atoms with E-state index in [9.17, 15) is 21.2 Å². The second-order valence-corrected chi connectivity index (χ2v) is 6.79. The Bertz CT molecular complexity index is 720. The Kier molecular flexibility index (Phi) is 4.65. The van der Waals surface area contributed by atoms with Crippen LogP contribution in [0.1, 0.15) is 6.42 Å². The van der Waals surface area contributed by atoms with Gasteiger partial charge in [-0.25, -0.2) is 31.1 Å². The topological polar surface area (TPSA) is 106 Å². The summed E-state index contributed by atoms with van der Waals surface area (Å²) in [6.07, 6.45) is 5.10. The molecule has 6 nitrogen and oxygen atoms in total. The van der Waals surface area contributed by atoms with Crippen LogP contribution in [0.25, 0.3) is 0 Å². The van der Waals surface area contributed by atoms with E-state index in [1.807, 2.05) is 0 Å². The highest BCUT2D eigenvalue weighted by Gasteiger charge is 2.20. The third-order valence-corrected chi connectivity index (χ3v) is 4.49. The summed E-state index contributed by atoms with van der Waals surface area (Å²) in [5.74, 6) is 1.01. The smallest absolute Gasteiger partial charge is 0.225 e. The van der Waals surface area contributed by atoms with Crippen LogP contribution >= 0.6 is 0 Å². The zero-order valence-corrected chi connectivity index (χ0v) is 11.3. The number of primary sulfonamides is 1. The van der Waals surface area contributed by atoms with E-state index in [0.29, 0.717) is 6.07 Å². The third kappa shape index (κ3) is 4.00. The van der Waals surface area contributed by atoms with Crippen molar-refractivity contribution in [1.82, 2.24) is 4.72 Å². The van der Waals surface area contributed by atoms with Gasteiger partial charge in [-0.15, -0.1) is 12.3 Å². The van der Waals surface area contributed by atoms with Crippen molar-refractivity contribution in [3.8, 4) is 12.3 Å². The summed E-state index contributed by atoms with van der Waals surface area (Å²) in [4.78, 5) is -1.18. The molecular formula is C10H11FN2O4S2. The molecule has 0 saturated heterocycles. The van der Waals surface area contributed by atoms with Gasteiger partial charge in [-0.1, -0.05) is 0 Å². The number of hydrogen-bond acceptors (Lipinski definition) is 4. The third-order valence-electron chi connectivity index (χ3n) is 2.08. The van der Waals surface area contributed by atoms with Crippen LogP contribution in [0.3, 0.4) is 0 Å². The Morgan fingerprint density at radius 3 is 2.42 bits per heavy atom. The van der Waals surface area contributed by atoms with Gasteiger partial charge in [0.25, 0.3) is 0 Å². The molecule has 19 heavy (non-hydrogen) atoms. The lowest BCUT2D eigenvalue weighted by Crippen LogP contribution is -2.25. The summed E-state index contributed by atoms with van der Waals surface area (Å²) in [6.45, 7) is -0.0464. The summed E-state index contributed by atoms with van der Waals surface area (Å²) in [5.41, 5.74) is 0. The van der Waals surface area contributed by atoms with Crippen LogP contribution in [0, 0.1) is 18.2 Å². The molecule has 0 amide bonds. The highest BCUT2D eigenvalue weighted by molar-refractivity contribution is 7.89. The first-order valence-electron chi connectivity index (χ1n) is 4.94. The maximum absolute atomic E-state index is 13.6. The van der Waals surface area contributed by atoms with Crippen molar-refractivity contribution < 1.29 is 21.2 Å². The molecule has 0 aliphatic carbocycles. The Hall–Kier alpha value is -1.47. The van der Waals surface area contributed by atoms with Gasteiger partial charge in [0.05, 0.1) is 4.90 Å². The van der Waals surface area contributed by atoms with Crippen LogP contribution in [0.2, 0.25) is 0 Å². The molecule has 0 radical (unpaired) electrons. The molecule has 0 aliphatic rings. The summed E-state index contributed by atoms with van der Waals surface area (Å²) in [7, 11) is -8.17. The summed E-state index contributed by atoms with van der Waals surface area (Å²) in [6, 6.07) is 2.28. The Morgan fingerprint density at radius 2 is 1.95 bits per heavy atom. The van der Waals surface area contributed by atoms with Crippen LogP contribution in [0.5, 0.6) is 0 Å². The monoisotopic (exact) mass is 306 g/mol. The van der Waals surface area contributed by atoms with Gasteiger partial charge in [0.1, 0.15) is 10.7 Å². The van der Waals surface area contributed by atoms with Gasteiger partial charge < -0.3 is 0 Å². The Morgan fingerprint density at radius 1 is 1.32 bits per heavy atom. The second-order valence-electron chi connectivity index (χ2n) is 3.49. The quantitative estimate of drug-likeness (QED) is 0.579. The van der Waals surface area contributed by atoms with E-state index in [-0.39, 0.29) is 13.0 Å². The molecule has 3 N–H and O–H groups in total.